The van der Waals surface area contributed by atoms with Crippen LogP contribution in [0.25, 0.3) is 10.1 Å². The number of phenolic OH excluding ortho intramolecular Hbond substituents is 1. The summed E-state index contributed by atoms with van der Waals surface area (Å²) in [5, 5.41) is 28.4. The summed E-state index contributed by atoms with van der Waals surface area (Å²) in [7, 11) is 0. The first-order valence-electron chi connectivity index (χ1n) is 3.76. The van der Waals surface area contributed by atoms with Crippen molar-refractivity contribution >= 4 is 21.4 Å². The number of aliphatic hydroxyl groups is 1. The van der Waals surface area contributed by atoms with Crippen LogP contribution in [0.3, 0.4) is 0 Å². The average molecular weight is 196 g/mol. The lowest BCUT2D eigenvalue weighted by Gasteiger charge is -1.99. The molecule has 0 saturated heterocycles. The van der Waals surface area contributed by atoms with Gasteiger partial charge in [-0.25, -0.2) is 0 Å². The first-order valence-corrected chi connectivity index (χ1v) is 4.57. The van der Waals surface area contributed by atoms with Crippen LogP contribution in [-0.2, 0) is 6.61 Å². The molecule has 68 valence electrons. The van der Waals surface area contributed by atoms with E-state index in [9.17, 15) is 10.2 Å². The Labute approximate surface area is 78.5 Å². The Morgan fingerprint density at radius 1 is 1.15 bits per heavy atom. The van der Waals surface area contributed by atoms with Crippen LogP contribution in [0, 0.1) is 0 Å². The molecule has 2 aromatic rings. The Hall–Kier alpha value is -1.26. The van der Waals surface area contributed by atoms with Gasteiger partial charge in [-0.15, -0.1) is 0 Å². The number of rotatable bonds is 1. The summed E-state index contributed by atoms with van der Waals surface area (Å²) < 4.78 is 0.817. The van der Waals surface area contributed by atoms with Gasteiger partial charge in [-0.3, -0.25) is 0 Å². The molecule has 1 aromatic carbocycles. The highest BCUT2D eigenvalue weighted by Gasteiger charge is 2.06. The van der Waals surface area contributed by atoms with E-state index in [1.807, 2.05) is 0 Å². The zero-order valence-electron chi connectivity index (χ0n) is 6.69. The summed E-state index contributed by atoms with van der Waals surface area (Å²) >= 11 is 1.20. The molecule has 0 spiro atoms. The van der Waals surface area contributed by atoms with Crippen molar-refractivity contribution in [3.05, 3.63) is 23.8 Å². The van der Waals surface area contributed by atoms with E-state index in [0.717, 1.165) is 10.1 Å². The molecule has 0 aliphatic heterocycles. The maximum Gasteiger partial charge on any atom is 0.172 e. The number of phenols is 1. The fraction of sp³-hybridized carbons (Fsp3) is 0.111. The number of thiophene rings is 1. The van der Waals surface area contributed by atoms with Crippen LogP contribution >= 0.6 is 11.3 Å². The van der Waals surface area contributed by atoms with Crippen LogP contribution < -0.4 is 0 Å². The number of hydrogen-bond acceptors (Lipinski definition) is 4. The Bertz CT molecular complexity index is 447. The third-order valence-electron chi connectivity index (χ3n) is 1.84. The largest absolute Gasteiger partial charge is 0.508 e. The minimum absolute atomic E-state index is 0.106. The van der Waals surface area contributed by atoms with Gasteiger partial charge in [0, 0.05) is 10.1 Å². The lowest BCUT2D eigenvalue weighted by Crippen LogP contribution is -1.81. The highest BCUT2D eigenvalue weighted by molar-refractivity contribution is 7.20. The third kappa shape index (κ3) is 1.34. The van der Waals surface area contributed by atoms with Crippen molar-refractivity contribution in [3.8, 4) is 10.8 Å². The van der Waals surface area contributed by atoms with Gasteiger partial charge in [-0.1, -0.05) is 11.3 Å². The zero-order chi connectivity index (χ0) is 9.42. The molecule has 0 fully saturated rings. The molecule has 0 aliphatic carbocycles. The molecule has 0 atom stereocenters. The summed E-state index contributed by atoms with van der Waals surface area (Å²) in [5.41, 5.74) is 0.639. The van der Waals surface area contributed by atoms with Crippen molar-refractivity contribution in [1.29, 1.82) is 0 Å². The molecule has 0 unspecified atom stereocenters. The number of benzene rings is 1. The molecule has 2 rings (SSSR count). The van der Waals surface area contributed by atoms with Gasteiger partial charge in [0.2, 0.25) is 0 Å². The van der Waals surface area contributed by atoms with Gasteiger partial charge in [0.1, 0.15) is 5.75 Å². The molecule has 0 radical (unpaired) electrons. The molecular formula is C9H8O3S. The lowest BCUT2D eigenvalue weighted by atomic mass is 10.1. The fourth-order valence-electron chi connectivity index (χ4n) is 1.31. The van der Waals surface area contributed by atoms with Gasteiger partial charge >= 0.3 is 0 Å². The summed E-state index contributed by atoms with van der Waals surface area (Å²) in [6.45, 7) is -0.134. The number of fused-ring (bicyclic) bond motifs is 1. The smallest absolute Gasteiger partial charge is 0.172 e. The van der Waals surface area contributed by atoms with Gasteiger partial charge < -0.3 is 15.3 Å². The first kappa shape index (κ1) is 8.34. The molecule has 13 heavy (non-hydrogen) atoms. The van der Waals surface area contributed by atoms with Crippen LogP contribution in [0.1, 0.15) is 5.56 Å². The van der Waals surface area contributed by atoms with Crippen LogP contribution in [0.4, 0.5) is 0 Å². The summed E-state index contributed by atoms with van der Waals surface area (Å²) in [6.07, 6.45) is 0. The quantitative estimate of drug-likeness (QED) is 0.651. The molecular weight excluding hydrogens is 188 g/mol. The van der Waals surface area contributed by atoms with E-state index in [4.69, 9.17) is 5.11 Å². The van der Waals surface area contributed by atoms with E-state index >= 15 is 0 Å². The molecule has 0 bridgehead atoms. The fourth-order valence-corrected chi connectivity index (χ4v) is 2.20. The van der Waals surface area contributed by atoms with Crippen molar-refractivity contribution in [2.75, 3.05) is 0 Å². The Balaban J connectivity index is 2.80. The Morgan fingerprint density at radius 2 is 1.92 bits per heavy atom. The second-order valence-corrected chi connectivity index (χ2v) is 3.80. The van der Waals surface area contributed by atoms with Crippen molar-refractivity contribution in [2.24, 2.45) is 0 Å². The van der Waals surface area contributed by atoms with E-state index in [-0.39, 0.29) is 17.4 Å². The first-order chi connectivity index (χ1) is 6.20. The van der Waals surface area contributed by atoms with E-state index in [1.54, 1.807) is 12.1 Å². The van der Waals surface area contributed by atoms with Crippen molar-refractivity contribution in [1.82, 2.24) is 0 Å². The molecule has 1 heterocycles. The number of aliphatic hydroxyl groups excluding tert-OH is 1. The number of aromatic hydroxyl groups is 2. The standard InChI is InChI=1S/C9H8O3S/c10-4-6-2-7(11)1-5-3-8(12)13-9(5)6/h1-3,10-12H,4H2. The predicted octanol–water partition coefficient (Wildman–Crippen LogP) is 1.80. The van der Waals surface area contributed by atoms with Crippen LogP contribution in [-0.4, -0.2) is 15.3 Å². The van der Waals surface area contributed by atoms with Gasteiger partial charge in [-0.2, -0.15) is 0 Å². The topological polar surface area (TPSA) is 60.7 Å². The Kier molecular flexibility index (Phi) is 1.86. The van der Waals surface area contributed by atoms with Crippen molar-refractivity contribution < 1.29 is 15.3 Å². The second-order valence-electron chi connectivity index (χ2n) is 2.77. The van der Waals surface area contributed by atoms with Crippen molar-refractivity contribution in [3.63, 3.8) is 0 Å². The SMILES string of the molecule is OCc1cc(O)cc2cc(O)sc12. The Morgan fingerprint density at radius 3 is 2.62 bits per heavy atom. The van der Waals surface area contributed by atoms with E-state index in [2.05, 4.69) is 0 Å². The minimum Gasteiger partial charge on any atom is -0.508 e. The highest BCUT2D eigenvalue weighted by atomic mass is 32.1. The van der Waals surface area contributed by atoms with Gasteiger partial charge in [0.25, 0.3) is 0 Å². The molecule has 3 N–H and O–H groups in total. The number of hydrogen-bond donors (Lipinski definition) is 3. The highest BCUT2D eigenvalue weighted by Crippen LogP contribution is 2.35. The summed E-state index contributed by atoms with van der Waals surface area (Å²) in [6, 6.07) is 4.63. The average Bonchev–Trinajstić information content (AvgIpc) is 2.43. The van der Waals surface area contributed by atoms with Gasteiger partial charge in [0.15, 0.2) is 5.06 Å². The predicted molar refractivity (Wildman–Crippen MR) is 51.1 cm³/mol. The van der Waals surface area contributed by atoms with E-state index < -0.39 is 0 Å². The minimum atomic E-state index is -0.134. The van der Waals surface area contributed by atoms with Gasteiger partial charge in [-0.05, 0) is 23.8 Å². The monoisotopic (exact) mass is 196 g/mol. The molecule has 0 amide bonds. The lowest BCUT2D eigenvalue weighted by molar-refractivity contribution is 0.283. The molecule has 1 aromatic heterocycles. The van der Waals surface area contributed by atoms with Crippen molar-refractivity contribution in [2.45, 2.75) is 6.61 Å². The third-order valence-corrected chi connectivity index (χ3v) is 2.86. The summed E-state index contributed by atoms with van der Waals surface area (Å²) in [4.78, 5) is 0. The van der Waals surface area contributed by atoms with Gasteiger partial charge in [0.05, 0.1) is 6.61 Å². The van der Waals surface area contributed by atoms with Crippen LogP contribution in [0.5, 0.6) is 10.8 Å². The molecule has 3 nitrogen and oxygen atoms in total. The van der Waals surface area contributed by atoms with Crippen LogP contribution in [0.2, 0.25) is 0 Å². The van der Waals surface area contributed by atoms with Crippen LogP contribution in [0.15, 0.2) is 18.2 Å². The van der Waals surface area contributed by atoms with E-state index in [1.165, 1.54) is 17.4 Å². The zero-order valence-corrected chi connectivity index (χ0v) is 7.51. The maximum atomic E-state index is 9.26. The molecule has 0 saturated carbocycles. The molecule has 4 heteroatoms. The molecule has 0 aliphatic rings. The maximum absolute atomic E-state index is 9.26. The normalized spacial score (nSPS) is 10.8. The second kappa shape index (κ2) is 2.90. The summed E-state index contributed by atoms with van der Waals surface area (Å²) in [5.74, 6) is 0.106. The van der Waals surface area contributed by atoms with E-state index in [0.29, 0.717) is 5.56 Å².